The molecule has 1 aromatic carbocycles. The largest absolute Gasteiger partial charge is 0.465 e. The number of benzene rings is 1. The van der Waals surface area contributed by atoms with Gasteiger partial charge in [0, 0.05) is 18.6 Å². The SMILES string of the molecule is CCOC(=O)CNC(=O)N(CC(C)C)C(C)c1nc2ccc(Cl)cc2c(=O)n1C. The maximum Gasteiger partial charge on any atom is 0.325 e. The smallest absolute Gasteiger partial charge is 0.325 e. The van der Waals surface area contributed by atoms with Crippen LogP contribution in [-0.4, -0.2) is 46.1 Å². The highest BCUT2D eigenvalue weighted by Crippen LogP contribution is 2.22. The van der Waals surface area contributed by atoms with Crippen molar-refractivity contribution in [3.05, 3.63) is 39.4 Å². The topological polar surface area (TPSA) is 93.5 Å². The van der Waals surface area contributed by atoms with E-state index < -0.39 is 18.0 Å². The number of halogens is 1. The monoisotopic (exact) mass is 422 g/mol. The molecule has 1 heterocycles. The third-order valence-electron chi connectivity index (χ3n) is 4.43. The normalized spacial score (nSPS) is 12.1. The molecule has 2 rings (SSSR count). The summed E-state index contributed by atoms with van der Waals surface area (Å²) in [7, 11) is 1.62. The standard InChI is InChI=1S/C20H27ClN4O4/c1-6-29-17(26)10-22-20(28)25(11-12(2)3)13(4)18-23-16-8-7-14(21)9-15(16)19(27)24(18)5/h7-9,12-13H,6,10-11H2,1-5H3,(H,22,28). The Bertz CT molecular complexity index is 957. The van der Waals surface area contributed by atoms with E-state index in [4.69, 9.17) is 16.3 Å². The second kappa shape index (κ2) is 9.73. The molecule has 0 radical (unpaired) electrons. The molecule has 1 N–H and O–H groups in total. The quantitative estimate of drug-likeness (QED) is 0.692. The molecule has 8 nitrogen and oxygen atoms in total. The zero-order valence-electron chi connectivity index (χ0n) is 17.4. The van der Waals surface area contributed by atoms with Crippen molar-refractivity contribution in [1.82, 2.24) is 19.8 Å². The minimum absolute atomic E-state index is 0.169. The van der Waals surface area contributed by atoms with E-state index in [-0.39, 0.29) is 24.6 Å². The van der Waals surface area contributed by atoms with Crippen molar-refractivity contribution >= 4 is 34.5 Å². The average Bonchev–Trinajstić information content (AvgIpc) is 2.67. The highest BCUT2D eigenvalue weighted by atomic mass is 35.5. The fourth-order valence-corrected chi connectivity index (χ4v) is 3.22. The Balaban J connectivity index is 2.38. The number of nitrogens with one attached hydrogen (secondary N) is 1. The summed E-state index contributed by atoms with van der Waals surface area (Å²) in [5.41, 5.74) is 0.270. The summed E-state index contributed by atoms with van der Waals surface area (Å²) >= 11 is 6.00. The van der Waals surface area contributed by atoms with E-state index in [1.807, 2.05) is 13.8 Å². The van der Waals surface area contributed by atoms with Gasteiger partial charge in [-0.1, -0.05) is 25.4 Å². The number of carbonyl (C=O) groups is 2. The second-order valence-electron chi connectivity index (χ2n) is 7.18. The van der Waals surface area contributed by atoms with Crippen LogP contribution >= 0.6 is 11.6 Å². The Hall–Kier alpha value is -2.61. The fraction of sp³-hybridized carbons (Fsp3) is 0.500. The van der Waals surface area contributed by atoms with Crippen molar-refractivity contribution in [2.45, 2.75) is 33.7 Å². The van der Waals surface area contributed by atoms with Gasteiger partial charge in [0.1, 0.15) is 12.4 Å². The van der Waals surface area contributed by atoms with Crippen molar-refractivity contribution in [1.29, 1.82) is 0 Å². The second-order valence-corrected chi connectivity index (χ2v) is 7.62. The lowest BCUT2D eigenvalue weighted by atomic mass is 10.1. The number of hydrogen-bond acceptors (Lipinski definition) is 5. The van der Waals surface area contributed by atoms with Crippen LogP contribution in [0, 0.1) is 5.92 Å². The van der Waals surface area contributed by atoms with Gasteiger partial charge in [-0.05, 0) is 38.0 Å². The molecule has 9 heteroatoms. The van der Waals surface area contributed by atoms with E-state index in [1.165, 1.54) is 4.57 Å². The minimum atomic E-state index is -0.508. The maximum absolute atomic E-state index is 12.8. The lowest BCUT2D eigenvalue weighted by Crippen LogP contribution is -2.46. The van der Waals surface area contributed by atoms with Crippen LogP contribution in [0.15, 0.2) is 23.0 Å². The molecule has 0 fully saturated rings. The number of nitrogens with zero attached hydrogens (tertiary/aromatic N) is 3. The first-order valence-corrected chi connectivity index (χ1v) is 9.89. The Morgan fingerprint density at radius 2 is 2.00 bits per heavy atom. The summed E-state index contributed by atoms with van der Waals surface area (Å²) in [6.45, 7) is 7.90. The number of rotatable bonds is 7. The molecule has 1 unspecified atom stereocenters. The van der Waals surface area contributed by atoms with E-state index >= 15 is 0 Å². The van der Waals surface area contributed by atoms with Crippen molar-refractivity contribution < 1.29 is 14.3 Å². The molecule has 0 aliphatic rings. The molecule has 1 aromatic heterocycles. The van der Waals surface area contributed by atoms with Gasteiger partial charge >= 0.3 is 12.0 Å². The molecular formula is C20H27ClN4O4. The van der Waals surface area contributed by atoms with Gasteiger partial charge in [-0.2, -0.15) is 0 Å². The van der Waals surface area contributed by atoms with Crippen LogP contribution in [0.4, 0.5) is 4.79 Å². The van der Waals surface area contributed by atoms with E-state index in [0.717, 1.165) is 0 Å². The Kier molecular flexibility index (Phi) is 7.61. The molecule has 0 saturated carbocycles. The van der Waals surface area contributed by atoms with Gasteiger partial charge in [-0.3, -0.25) is 14.2 Å². The molecule has 0 bridgehead atoms. The van der Waals surface area contributed by atoms with Crippen LogP contribution in [0.5, 0.6) is 0 Å². The van der Waals surface area contributed by atoms with Crippen LogP contribution in [0.1, 0.15) is 39.6 Å². The van der Waals surface area contributed by atoms with Gasteiger partial charge in [0.15, 0.2) is 0 Å². The molecule has 0 spiro atoms. The molecule has 0 saturated heterocycles. The first-order chi connectivity index (χ1) is 13.6. The fourth-order valence-electron chi connectivity index (χ4n) is 3.04. The number of aromatic nitrogens is 2. The highest BCUT2D eigenvalue weighted by Gasteiger charge is 2.26. The Labute approximate surface area is 174 Å². The van der Waals surface area contributed by atoms with Crippen molar-refractivity contribution in [2.24, 2.45) is 13.0 Å². The molecule has 29 heavy (non-hydrogen) atoms. The summed E-state index contributed by atoms with van der Waals surface area (Å²) in [4.78, 5) is 43.3. The molecular weight excluding hydrogens is 396 g/mol. The average molecular weight is 423 g/mol. The van der Waals surface area contributed by atoms with Gasteiger partial charge in [0.25, 0.3) is 5.56 Å². The van der Waals surface area contributed by atoms with Gasteiger partial charge < -0.3 is 15.0 Å². The number of amides is 2. The first-order valence-electron chi connectivity index (χ1n) is 9.52. The van der Waals surface area contributed by atoms with E-state index in [9.17, 15) is 14.4 Å². The van der Waals surface area contributed by atoms with Crippen LogP contribution < -0.4 is 10.9 Å². The van der Waals surface area contributed by atoms with Crippen molar-refractivity contribution in [3.8, 4) is 0 Å². The summed E-state index contributed by atoms with van der Waals surface area (Å²) < 4.78 is 6.28. The van der Waals surface area contributed by atoms with Crippen LogP contribution in [0.3, 0.4) is 0 Å². The van der Waals surface area contributed by atoms with Gasteiger partial charge in [0.05, 0.1) is 23.6 Å². The molecule has 158 valence electrons. The van der Waals surface area contributed by atoms with Crippen LogP contribution in [0.25, 0.3) is 10.9 Å². The number of hydrogen-bond donors (Lipinski definition) is 1. The highest BCUT2D eigenvalue weighted by molar-refractivity contribution is 6.31. The maximum atomic E-state index is 12.8. The third-order valence-corrected chi connectivity index (χ3v) is 4.66. The number of ether oxygens (including phenoxy) is 1. The van der Waals surface area contributed by atoms with Crippen LogP contribution in [-0.2, 0) is 16.6 Å². The number of carbonyl (C=O) groups excluding carboxylic acids is 2. The molecule has 0 aliphatic carbocycles. The molecule has 2 amide bonds. The predicted octanol–water partition coefficient (Wildman–Crippen LogP) is 2.88. The van der Waals surface area contributed by atoms with Crippen molar-refractivity contribution in [2.75, 3.05) is 19.7 Å². The van der Waals surface area contributed by atoms with E-state index in [2.05, 4.69) is 10.3 Å². The van der Waals surface area contributed by atoms with Gasteiger partial charge in [0.2, 0.25) is 0 Å². The molecule has 1 atom stereocenters. The molecule has 0 aliphatic heterocycles. The van der Waals surface area contributed by atoms with Crippen LogP contribution in [0.2, 0.25) is 5.02 Å². The minimum Gasteiger partial charge on any atom is -0.465 e. The number of urea groups is 1. The predicted molar refractivity (Wildman–Crippen MR) is 112 cm³/mol. The third kappa shape index (κ3) is 5.47. The van der Waals surface area contributed by atoms with Crippen molar-refractivity contribution in [3.63, 3.8) is 0 Å². The van der Waals surface area contributed by atoms with Gasteiger partial charge in [-0.25, -0.2) is 9.78 Å². The zero-order chi connectivity index (χ0) is 21.7. The molecule has 2 aromatic rings. The summed E-state index contributed by atoms with van der Waals surface area (Å²) in [6, 6.07) is 4.01. The van der Waals surface area contributed by atoms with Gasteiger partial charge in [-0.15, -0.1) is 0 Å². The first kappa shape index (κ1) is 22.7. The Morgan fingerprint density at radius 1 is 1.31 bits per heavy atom. The lowest BCUT2D eigenvalue weighted by molar-refractivity contribution is -0.141. The number of esters is 1. The summed E-state index contributed by atoms with van der Waals surface area (Å²) in [5.74, 6) is 0.102. The van der Waals surface area contributed by atoms with E-state index in [0.29, 0.717) is 28.3 Å². The zero-order valence-corrected chi connectivity index (χ0v) is 18.1. The number of fused-ring (bicyclic) bond motifs is 1. The Morgan fingerprint density at radius 3 is 2.62 bits per heavy atom. The summed E-state index contributed by atoms with van der Waals surface area (Å²) in [6.07, 6.45) is 0. The summed E-state index contributed by atoms with van der Waals surface area (Å²) in [5, 5.41) is 3.45. The van der Waals surface area contributed by atoms with E-state index in [1.54, 1.807) is 44.0 Å². The lowest BCUT2D eigenvalue weighted by Gasteiger charge is -2.31.